The number of aryl methyl sites for hydroxylation is 1. The Balaban J connectivity index is 1.70. The van der Waals surface area contributed by atoms with Gasteiger partial charge >= 0.3 is 0 Å². The van der Waals surface area contributed by atoms with Gasteiger partial charge in [0.15, 0.2) is 0 Å². The normalized spacial score (nSPS) is 11.0. The van der Waals surface area contributed by atoms with Gasteiger partial charge in [0, 0.05) is 28.9 Å². The molecule has 0 saturated carbocycles. The van der Waals surface area contributed by atoms with Crippen molar-refractivity contribution in [2.45, 2.75) is 6.92 Å². The molecule has 134 valence electrons. The van der Waals surface area contributed by atoms with Crippen LogP contribution in [0, 0.1) is 6.92 Å². The Morgan fingerprint density at radius 1 is 0.786 bits per heavy atom. The molecule has 0 N–H and O–H groups in total. The van der Waals surface area contributed by atoms with E-state index in [-0.39, 0.29) is 0 Å². The number of fused-ring (bicyclic) bond motifs is 1. The summed E-state index contributed by atoms with van der Waals surface area (Å²) in [7, 11) is 0. The quantitative estimate of drug-likeness (QED) is 0.433. The summed E-state index contributed by atoms with van der Waals surface area (Å²) in [6.45, 7) is 2.04. The zero-order valence-corrected chi connectivity index (χ0v) is 15.2. The van der Waals surface area contributed by atoms with Crippen molar-refractivity contribution in [2.24, 2.45) is 0 Å². The fourth-order valence-corrected chi connectivity index (χ4v) is 3.29. The monoisotopic (exact) mass is 364 g/mol. The van der Waals surface area contributed by atoms with Crippen molar-refractivity contribution >= 4 is 10.9 Å². The van der Waals surface area contributed by atoms with Crippen molar-refractivity contribution in [1.29, 1.82) is 0 Å². The Morgan fingerprint density at radius 3 is 2.43 bits per heavy atom. The minimum absolute atomic E-state index is 0.479. The highest BCUT2D eigenvalue weighted by molar-refractivity contribution is 5.94. The third-order valence-electron chi connectivity index (χ3n) is 4.73. The molecule has 0 unspecified atom stereocenters. The van der Waals surface area contributed by atoms with Gasteiger partial charge < -0.3 is 4.52 Å². The third-order valence-corrected chi connectivity index (χ3v) is 4.73. The molecule has 0 atom stereocenters. The van der Waals surface area contributed by atoms with Gasteiger partial charge in [-0.25, -0.2) is 4.98 Å². The highest BCUT2D eigenvalue weighted by Crippen LogP contribution is 2.32. The molecule has 0 spiro atoms. The number of nitrogens with zero attached hydrogens (tertiary/aromatic N) is 4. The lowest BCUT2D eigenvalue weighted by molar-refractivity contribution is 0.432. The lowest BCUT2D eigenvalue weighted by Gasteiger charge is -2.07. The first-order valence-corrected chi connectivity index (χ1v) is 9.00. The second-order valence-corrected chi connectivity index (χ2v) is 6.55. The first kappa shape index (κ1) is 16.3. The Morgan fingerprint density at radius 2 is 1.57 bits per heavy atom. The molecule has 28 heavy (non-hydrogen) atoms. The third kappa shape index (κ3) is 2.83. The highest BCUT2D eigenvalue weighted by atomic mass is 16.5. The van der Waals surface area contributed by atoms with E-state index in [1.54, 1.807) is 12.4 Å². The number of pyridine rings is 2. The van der Waals surface area contributed by atoms with Crippen LogP contribution < -0.4 is 0 Å². The molecule has 5 nitrogen and oxygen atoms in total. The Bertz CT molecular complexity index is 1280. The number of rotatable bonds is 3. The van der Waals surface area contributed by atoms with Crippen LogP contribution in [-0.4, -0.2) is 20.1 Å². The number of para-hydroxylation sites is 1. The summed E-state index contributed by atoms with van der Waals surface area (Å²) in [5.41, 5.74) is 5.64. The molecule has 3 heterocycles. The standard InChI is InChI=1S/C23H16N4O/c1-15-6-2-3-7-17(15)22-26-23(28-27-22)19-14-21(16-10-12-24-13-11-16)25-20-9-5-4-8-18(19)20/h2-14H,1H3. The summed E-state index contributed by atoms with van der Waals surface area (Å²) in [5.74, 6) is 1.06. The van der Waals surface area contributed by atoms with Crippen molar-refractivity contribution in [3.8, 4) is 34.1 Å². The van der Waals surface area contributed by atoms with Crippen molar-refractivity contribution in [3.63, 3.8) is 0 Å². The molecular formula is C23H16N4O. The molecule has 0 bridgehead atoms. The van der Waals surface area contributed by atoms with Crippen molar-refractivity contribution < 1.29 is 4.52 Å². The van der Waals surface area contributed by atoms with Gasteiger partial charge in [-0.2, -0.15) is 4.98 Å². The van der Waals surface area contributed by atoms with Gasteiger partial charge in [0.1, 0.15) is 0 Å². The molecule has 5 aromatic rings. The summed E-state index contributed by atoms with van der Waals surface area (Å²) < 4.78 is 5.66. The van der Waals surface area contributed by atoms with Crippen LogP contribution in [-0.2, 0) is 0 Å². The zero-order valence-electron chi connectivity index (χ0n) is 15.2. The van der Waals surface area contributed by atoms with Crippen LogP contribution in [0.2, 0.25) is 0 Å². The Hall–Kier alpha value is -3.86. The van der Waals surface area contributed by atoms with E-state index < -0.39 is 0 Å². The minimum Gasteiger partial charge on any atom is -0.334 e. The van der Waals surface area contributed by atoms with Gasteiger partial charge in [-0.3, -0.25) is 4.98 Å². The van der Waals surface area contributed by atoms with E-state index in [4.69, 9.17) is 9.51 Å². The molecule has 2 aromatic carbocycles. The van der Waals surface area contributed by atoms with Crippen molar-refractivity contribution in [3.05, 3.63) is 84.7 Å². The molecule has 0 aliphatic carbocycles. The molecule has 0 saturated heterocycles. The van der Waals surface area contributed by atoms with Gasteiger partial charge in [-0.05, 0) is 36.8 Å². The fourth-order valence-electron chi connectivity index (χ4n) is 3.29. The van der Waals surface area contributed by atoms with Gasteiger partial charge in [-0.1, -0.05) is 47.6 Å². The van der Waals surface area contributed by atoms with Crippen molar-refractivity contribution in [1.82, 2.24) is 20.1 Å². The van der Waals surface area contributed by atoms with E-state index in [2.05, 4.69) is 15.1 Å². The lowest BCUT2D eigenvalue weighted by Crippen LogP contribution is -1.90. The number of hydrogen-bond acceptors (Lipinski definition) is 5. The maximum atomic E-state index is 5.66. The summed E-state index contributed by atoms with van der Waals surface area (Å²) >= 11 is 0. The molecule has 0 aliphatic heterocycles. The second kappa shape index (κ2) is 6.70. The van der Waals surface area contributed by atoms with E-state index >= 15 is 0 Å². The van der Waals surface area contributed by atoms with Crippen molar-refractivity contribution in [2.75, 3.05) is 0 Å². The summed E-state index contributed by atoms with van der Waals surface area (Å²) in [4.78, 5) is 13.6. The SMILES string of the molecule is Cc1ccccc1-c1noc(-c2cc(-c3ccncc3)nc3ccccc23)n1. The average molecular weight is 364 g/mol. The van der Waals surface area contributed by atoms with E-state index in [9.17, 15) is 0 Å². The van der Waals surface area contributed by atoms with E-state index in [0.29, 0.717) is 11.7 Å². The van der Waals surface area contributed by atoms with Gasteiger partial charge in [-0.15, -0.1) is 0 Å². The average Bonchev–Trinajstić information content (AvgIpc) is 3.24. The van der Waals surface area contributed by atoms with Gasteiger partial charge in [0.05, 0.1) is 16.8 Å². The van der Waals surface area contributed by atoms with Gasteiger partial charge in [0.2, 0.25) is 5.82 Å². The lowest BCUT2D eigenvalue weighted by atomic mass is 10.0. The first-order valence-electron chi connectivity index (χ1n) is 9.00. The second-order valence-electron chi connectivity index (χ2n) is 6.55. The smallest absolute Gasteiger partial charge is 0.259 e. The molecule has 0 fully saturated rings. The van der Waals surface area contributed by atoms with Crippen LogP contribution in [0.1, 0.15) is 5.56 Å². The predicted octanol–water partition coefficient (Wildman–Crippen LogP) is 5.32. The fraction of sp³-hybridized carbons (Fsp3) is 0.0435. The molecular weight excluding hydrogens is 348 g/mol. The molecule has 3 aromatic heterocycles. The molecule has 0 amide bonds. The van der Waals surface area contributed by atoms with Crippen LogP contribution in [0.15, 0.2) is 83.6 Å². The number of hydrogen-bond donors (Lipinski definition) is 0. The van der Waals surface area contributed by atoms with E-state index in [1.165, 1.54) is 0 Å². The zero-order chi connectivity index (χ0) is 18.9. The topological polar surface area (TPSA) is 64.7 Å². The maximum absolute atomic E-state index is 5.66. The summed E-state index contributed by atoms with van der Waals surface area (Å²) in [5, 5.41) is 5.19. The van der Waals surface area contributed by atoms with Crippen LogP contribution >= 0.6 is 0 Å². The van der Waals surface area contributed by atoms with E-state index in [0.717, 1.165) is 38.9 Å². The van der Waals surface area contributed by atoms with Crippen LogP contribution in [0.3, 0.4) is 0 Å². The van der Waals surface area contributed by atoms with Gasteiger partial charge in [0.25, 0.3) is 5.89 Å². The Labute approximate surface area is 161 Å². The highest BCUT2D eigenvalue weighted by Gasteiger charge is 2.16. The molecule has 5 heteroatoms. The molecule has 0 radical (unpaired) electrons. The largest absolute Gasteiger partial charge is 0.334 e. The molecule has 5 rings (SSSR count). The number of benzene rings is 2. The Kier molecular flexibility index (Phi) is 3.91. The van der Waals surface area contributed by atoms with E-state index in [1.807, 2.05) is 73.7 Å². The molecule has 0 aliphatic rings. The maximum Gasteiger partial charge on any atom is 0.259 e. The summed E-state index contributed by atoms with van der Waals surface area (Å²) in [6, 6.07) is 21.8. The predicted molar refractivity (Wildman–Crippen MR) is 108 cm³/mol. The van der Waals surface area contributed by atoms with Crippen LogP contribution in [0.4, 0.5) is 0 Å². The number of aromatic nitrogens is 4. The first-order chi connectivity index (χ1) is 13.8. The van der Waals surface area contributed by atoms with Crippen LogP contribution in [0.25, 0.3) is 45.0 Å². The van der Waals surface area contributed by atoms with Crippen LogP contribution in [0.5, 0.6) is 0 Å². The summed E-state index contributed by atoms with van der Waals surface area (Å²) in [6.07, 6.45) is 3.52. The minimum atomic E-state index is 0.479.